The number of hydrogen-bond donors (Lipinski definition) is 0. The Morgan fingerprint density at radius 2 is 1.82 bits per heavy atom. The summed E-state index contributed by atoms with van der Waals surface area (Å²) in [4.78, 5) is 16.3. The zero-order chi connectivity index (χ0) is 19.9. The fraction of sp³-hybridized carbons (Fsp3) is 0.368. The number of aromatic nitrogens is 2. The van der Waals surface area contributed by atoms with Gasteiger partial charge in [0.1, 0.15) is 4.83 Å². The number of sulfonamides is 1. The van der Waals surface area contributed by atoms with Gasteiger partial charge in [0.15, 0.2) is 0 Å². The molecular weight excluding hydrogens is 396 g/mol. The molecule has 0 aliphatic carbocycles. The van der Waals surface area contributed by atoms with Crippen molar-refractivity contribution < 1.29 is 13.2 Å². The minimum Gasteiger partial charge on any atom is -0.335 e. The zero-order valence-electron chi connectivity index (χ0n) is 15.8. The maximum atomic E-state index is 13.0. The van der Waals surface area contributed by atoms with Gasteiger partial charge >= 0.3 is 0 Å². The number of aryl methyl sites for hydroxylation is 1. The van der Waals surface area contributed by atoms with Crippen molar-refractivity contribution in [3.05, 3.63) is 47.0 Å². The third-order valence-corrected chi connectivity index (χ3v) is 8.02. The third-order valence-electron chi connectivity index (χ3n) is 5.04. The highest BCUT2D eigenvalue weighted by molar-refractivity contribution is 7.89. The third kappa shape index (κ3) is 3.34. The van der Waals surface area contributed by atoms with Gasteiger partial charge < -0.3 is 4.90 Å². The smallest absolute Gasteiger partial charge is 0.264 e. The molecular formula is C19H22N4O3S2. The molecule has 1 amide bonds. The van der Waals surface area contributed by atoms with Gasteiger partial charge in [-0.1, -0.05) is 18.2 Å². The number of thiophene rings is 1. The lowest BCUT2D eigenvalue weighted by molar-refractivity contribution is 0.0703. The molecule has 2 aromatic heterocycles. The van der Waals surface area contributed by atoms with Crippen LogP contribution < -0.4 is 0 Å². The van der Waals surface area contributed by atoms with Crippen molar-refractivity contribution in [1.29, 1.82) is 0 Å². The fourth-order valence-corrected chi connectivity index (χ4v) is 5.64. The Labute approximate surface area is 168 Å². The van der Waals surface area contributed by atoms with Crippen LogP contribution in [-0.2, 0) is 10.0 Å². The van der Waals surface area contributed by atoms with Crippen LogP contribution in [0.1, 0.15) is 22.3 Å². The Morgan fingerprint density at radius 3 is 2.46 bits per heavy atom. The number of amides is 1. The van der Waals surface area contributed by atoms with Gasteiger partial charge in [-0.25, -0.2) is 13.1 Å². The van der Waals surface area contributed by atoms with E-state index in [1.165, 1.54) is 15.6 Å². The van der Waals surface area contributed by atoms with Crippen LogP contribution in [0.15, 0.2) is 36.4 Å². The zero-order valence-corrected chi connectivity index (χ0v) is 17.5. The fourth-order valence-electron chi connectivity index (χ4n) is 3.40. The van der Waals surface area contributed by atoms with Crippen LogP contribution in [0.5, 0.6) is 0 Å². The Bertz CT molecular complexity index is 1110. The minimum absolute atomic E-state index is 0.0474. The summed E-state index contributed by atoms with van der Waals surface area (Å²) in [5.41, 5.74) is 1.84. The van der Waals surface area contributed by atoms with E-state index in [9.17, 15) is 13.2 Å². The average molecular weight is 419 g/mol. The molecule has 0 bridgehead atoms. The summed E-state index contributed by atoms with van der Waals surface area (Å²) in [5, 5.41) is 5.58. The second-order valence-electron chi connectivity index (χ2n) is 6.75. The van der Waals surface area contributed by atoms with E-state index in [1.807, 2.05) is 48.0 Å². The quantitative estimate of drug-likeness (QED) is 0.652. The summed E-state index contributed by atoms with van der Waals surface area (Å²) in [6, 6.07) is 11.8. The lowest BCUT2D eigenvalue weighted by Crippen LogP contribution is -2.50. The summed E-state index contributed by atoms with van der Waals surface area (Å²) in [6.45, 7) is 5.11. The number of nitrogens with zero attached hydrogens (tertiary/aromatic N) is 4. The summed E-state index contributed by atoms with van der Waals surface area (Å²) >= 11 is 1.43. The van der Waals surface area contributed by atoms with Crippen molar-refractivity contribution in [2.24, 2.45) is 0 Å². The Balaban J connectivity index is 1.58. The molecule has 0 spiro atoms. The molecule has 7 nitrogen and oxygen atoms in total. The van der Waals surface area contributed by atoms with Gasteiger partial charge in [0.2, 0.25) is 10.0 Å². The van der Waals surface area contributed by atoms with Crippen molar-refractivity contribution in [1.82, 2.24) is 19.0 Å². The summed E-state index contributed by atoms with van der Waals surface area (Å²) in [6.07, 6.45) is 0. The Morgan fingerprint density at radius 1 is 1.14 bits per heavy atom. The van der Waals surface area contributed by atoms with E-state index in [1.54, 1.807) is 11.8 Å². The van der Waals surface area contributed by atoms with Crippen molar-refractivity contribution in [3.63, 3.8) is 0 Å². The molecule has 1 saturated heterocycles. The van der Waals surface area contributed by atoms with E-state index in [0.717, 1.165) is 21.6 Å². The minimum atomic E-state index is -3.20. The molecule has 0 saturated carbocycles. The molecule has 1 aliphatic rings. The van der Waals surface area contributed by atoms with Crippen LogP contribution in [-0.4, -0.2) is 65.2 Å². The molecule has 28 heavy (non-hydrogen) atoms. The number of carbonyl (C=O) groups is 1. The Kier molecular flexibility index (Phi) is 4.98. The standard InChI is InChI=1S/C19H22N4O3S2/c1-3-28(25,26)22-11-9-21(10-12-22)18(24)17-13-16-14(2)20-23(19(16)27-17)15-7-5-4-6-8-15/h4-8,13H,3,9-12H2,1-2H3. The predicted molar refractivity (Wildman–Crippen MR) is 111 cm³/mol. The molecule has 9 heteroatoms. The molecule has 0 unspecified atom stereocenters. The molecule has 148 valence electrons. The van der Waals surface area contributed by atoms with Crippen LogP contribution in [0.25, 0.3) is 15.9 Å². The maximum absolute atomic E-state index is 13.0. The van der Waals surface area contributed by atoms with Gasteiger partial charge in [0, 0.05) is 31.6 Å². The van der Waals surface area contributed by atoms with E-state index in [0.29, 0.717) is 31.1 Å². The number of hydrogen-bond acceptors (Lipinski definition) is 5. The first kappa shape index (κ1) is 19.1. The first-order chi connectivity index (χ1) is 13.4. The maximum Gasteiger partial charge on any atom is 0.264 e. The second-order valence-corrected chi connectivity index (χ2v) is 10.0. The number of carbonyl (C=O) groups excluding carboxylic acids is 1. The molecule has 0 atom stereocenters. The highest BCUT2D eigenvalue weighted by Gasteiger charge is 2.29. The summed E-state index contributed by atoms with van der Waals surface area (Å²) in [5.74, 6) is 0.0424. The number of para-hydroxylation sites is 1. The van der Waals surface area contributed by atoms with Gasteiger partial charge in [-0.2, -0.15) is 9.40 Å². The van der Waals surface area contributed by atoms with Crippen molar-refractivity contribution in [2.45, 2.75) is 13.8 Å². The van der Waals surface area contributed by atoms with Crippen LogP contribution in [0.3, 0.4) is 0 Å². The summed E-state index contributed by atoms with van der Waals surface area (Å²) in [7, 11) is -3.20. The lowest BCUT2D eigenvalue weighted by atomic mass is 10.2. The van der Waals surface area contributed by atoms with Gasteiger partial charge in [-0.15, -0.1) is 11.3 Å². The van der Waals surface area contributed by atoms with Crippen molar-refractivity contribution >= 4 is 37.5 Å². The number of rotatable bonds is 4. The van der Waals surface area contributed by atoms with Crippen molar-refractivity contribution in [3.8, 4) is 5.69 Å². The van der Waals surface area contributed by atoms with Gasteiger partial charge in [0.05, 0.1) is 22.0 Å². The molecule has 1 aromatic carbocycles. The van der Waals surface area contributed by atoms with E-state index < -0.39 is 10.0 Å². The number of fused-ring (bicyclic) bond motifs is 1. The monoisotopic (exact) mass is 418 g/mol. The molecule has 0 N–H and O–H groups in total. The van der Waals surface area contributed by atoms with Gasteiger partial charge in [-0.3, -0.25) is 4.79 Å². The average Bonchev–Trinajstić information content (AvgIpc) is 3.29. The SMILES string of the molecule is CCS(=O)(=O)N1CCN(C(=O)c2cc3c(C)nn(-c4ccccc4)c3s2)CC1. The first-order valence-corrected chi connectivity index (χ1v) is 11.6. The number of benzene rings is 1. The van der Waals surface area contributed by atoms with Crippen molar-refractivity contribution in [2.75, 3.05) is 31.9 Å². The number of piperazine rings is 1. The highest BCUT2D eigenvalue weighted by atomic mass is 32.2. The van der Waals surface area contributed by atoms with Crippen LogP contribution in [0.4, 0.5) is 0 Å². The Hall–Kier alpha value is -2.23. The molecule has 3 heterocycles. The largest absolute Gasteiger partial charge is 0.335 e. The molecule has 1 aliphatic heterocycles. The van der Waals surface area contributed by atoms with Crippen LogP contribution in [0, 0.1) is 6.92 Å². The highest BCUT2D eigenvalue weighted by Crippen LogP contribution is 2.31. The van der Waals surface area contributed by atoms with E-state index in [2.05, 4.69) is 5.10 Å². The molecule has 3 aromatic rings. The summed E-state index contributed by atoms with van der Waals surface area (Å²) < 4.78 is 27.4. The molecule has 4 rings (SSSR count). The van der Waals surface area contributed by atoms with Crippen LogP contribution >= 0.6 is 11.3 Å². The van der Waals surface area contributed by atoms with E-state index in [4.69, 9.17) is 0 Å². The van der Waals surface area contributed by atoms with Gasteiger partial charge in [0.25, 0.3) is 5.91 Å². The van der Waals surface area contributed by atoms with E-state index in [-0.39, 0.29) is 11.7 Å². The van der Waals surface area contributed by atoms with E-state index >= 15 is 0 Å². The normalized spacial score (nSPS) is 16.0. The molecule has 1 fully saturated rings. The lowest BCUT2D eigenvalue weighted by Gasteiger charge is -2.33. The van der Waals surface area contributed by atoms with Crippen LogP contribution in [0.2, 0.25) is 0 Å². The predicted octanol–water partition coefficient (Wildman–Crippen LogP) is 2.50. The molecule has 0 radical (unpaired) electrons. The second kappa shape index (κ2) is 7.31. The topological polar surface area (TPSA) is 75.5 Å². The van der Waals surface area contributed by atoms with Gasteiger partial charge in [-0.05, 0) is 32.0 Å². The first-order valence-electron chi connectivity index (χ1n) is 9.22.